The van der Waals surface area contributed by atoms with E-state index in [1.807, 2.05) is 0 Å². The quantitative estimate of drug-likeness (QED) is 0.714. The lowest BCUT2D eigenvalue weighted by atomic mass is 10.2. The molecular weight excluding hydrogens is 373 g/mol. The molecule has 2 aromatic heterocycles. The normalized spacial score (nSPS) is 12.2. The number of alkyl carbamates (subject to hydrolysis) is 1. The molecule has 9 heteroatoms. The van der Waals surface area contributed by atoms with E-state index in [4.69, 9.17) is 4.74 Å². The molecule has 0 radical (unpaired) electrons. The molecule has 3 rings (SSSR count). The summed E-state index contributed by atoms with van der Waals surface area (Å²) in [4.78, 5) is 16.2. The van der Waals surface area contributed by atoms with Crippen LogP contribution in [0.25, 0.3) is 16.7 Å². The number of fused-ring (bicyclic) bond motifs is 1. The molecule has 2 heterocycles. The van der Waals surface area contributed by atoms with Gasteiger partial charge in [-0.15, -0.1) is 0 Å². The Balaban J connectivity index is 1.90. The molecule has 3 aromatic rings. The number of carbonyl (C=O) groups excluding carboxylic acids is 1. The summed E-state index contributed by atoms with van der Waals surface area (Å²) in [7, 11) is 0. The van der Waals surface area contributed by atoms with Gasteiger partial charge < -0.3 is 10.1 Å². The first-order valence-corrected chi connectivity index (χ1v) is 8.52. The molecule has 6 nitrogen and oxygen atoms in total. The van der Waals surface area contributed by atoms with E-state index < -0.39 is 23.4 Å². The second-order valence-electron chi connectivity index (χ2n) is 7.13. The molecule has 0 bridgehead atoms. The molecule has 1 N–H and O–H groups in total. The van der Waals surface area contributed by atoms with Crippen molar-refractivity contribution in [1.82, 2.24) is 20.1 Å². The highest BCUT2D eigenvalue weighted by atomic mass is 19.4. The predicted molar refractivity (Wildman–Crippen MR) is 96.9 cm³/mol. The highest BCUT2D eigenvalue weighted by Gasteiger charge is 2.30. The van der Waals surface area contributed by atoms with Crippen LogP contribution in [0, 0.1) is 0 Å². The summed E-state index contributed by atoms with van der Waals surface area (Å²) in [6, 6.07) is 8.13. The summed E-state index contributed by atoms with van der Waals surface area (Å²) in [5, 5.41) is 7.04. The Morgan fingerprint density at radius 1 is 1.14 bits per heavy atom. The van der Waals surface area contributed by atoms with Crippen molar-refractivity contribution in [1.29, 1.82) is 0 Å². The molecule has 1 amide bonds. The Bertz CT molecular complexity index is 989. The average molecular weight is 392 g/mol. The van der Waals surface area contributed by atoms with Crippen LogP contribution < -0.4 is 5.32 Å². The van der Waals surface area contributed by atoms with Crippen molar-refractivity contribution in [3.63, 3.8) is 0 Å². The number of pyridine rings is 1. The van der Waals surface area contributed by atoms with Crippen molar-refractivity contribution < 1.29 is 22.7 Å². The van der Waals surface area contributed by atoms with Gasteiger partial charge in [0.1, 0.15) is 16.8 Å². The molecule has 0 atom stereocenters. The maximum absolute atomic E-state index is 12.8. The van der Waals surface area contributed by atoms with E-state index in [9.17, 15) is 18.0 Å². The third-order valence-electron chi connectivity index (χ3n) is 3.75. The summed E-state index contributed by atoms with van der Waals surface area (Å²) in [6.45, 7) is 5.32. The van der Waals surface area contributed by atoms with Crippen LogP contribution in [0.1, 0.15) is 32.0 Å². The van der Waals surface area contributed by atoms with Gasteiger partial charge in [0.15, 0.2) is 0 Å². The van der Waals surface area contributed by atoms with Crippen molar-refractivity contribution in [2.45, 2.75) is 39.1 Å². The van der Waals surface area contributed by atoms with Gasteiger partial charge in [-0.3, -0.25) is 4.98 Å². The number of hydrogen-bond acceptors (Lipinski definition) is 4. The number of ether oxygens (including phenoxy) is 1. The topological polar surface area (TPSA) is 69.0 Å². The highest BCUT2D eigenvalue weighted by molar-refractivity contribution is 5.79. The van der Waals surface area contributed by atoms with Crippen LogP contribution in [0.5, 0.6) is 0 Å². The van der Waals surface area contributed by atoms with Crippen LogP contribution in [0.15, 0.2) is 42.6 Å². The van der Waals surface area contributed by atoms with Crippen LogP contribution in [0.4, 0.5) is 18.0 Å². The Morgan fingerprint density at radius 3 is 2.43 bits per heavy atom. The summed E-state index contributed by atoms with van der Waals surface area (Å²) in [5.41, 5.74) is 0.708. The van der Waals surface area contributed by atoms with Gasteiger partial charge in [-0.1, -0.05) is 0 Å². The summed E-state index contributed by atoms with van der Waals surface area (Å²) >= 11 is 0. The molecule has 0 saturated carbocycles. The van der Waals surface area contributed by atoms with Crippen LogP contribution in [0.2, 0.25) is 0 Å². The molecule has 0 fully saturated rings. The van der Waals surface area contributed by atoms with E-state index in [2.05, 4.69) is 15.4 Å². The van der Waals surface area contributed by atoms with Crippen molar-refractivity contribution in [2.24, 2.45) is 0 Å². The van der Waals surface area contributed by atoms with E-state index >= 15 is 0 Å². The minimum absolute atomic E-state index is 0.0655. The molecule has 0 unspecified atom stereocenters. The van der Waals surface area contributed by atoms with E-state index in [0.717, 1.165) is 12.1 Å². The third kappa shape index (κ3) is 4.41. The lowest BCUT2D eigenvalue weighted by molar-refractivity contribution is -0.137. The minimum Gasteiger partial charge on any atom is -0.444 e. The second kappa shape index (κ2) is 7.14. The zero-order valence-electron chi connectivity index (χ0n) is 15.5. The zero-order chi connectivity index (χ0) is 20.5. The van der Waals surface area contributed by atoms with Gasteiger partial charge in [-0.05, 0) is 57.2 Å². The van der Waals surface area contributed by atoms with Crippen molar-refractivity contribution in [2.75, 3.05) is 0 Å². The van der Waals surface area contributed by atoms with Crippen LogP contribution >= 0.6 is 0 Å². The fourth-order valence-electron chi connectivity index (χ4n) is 2.59. The molecular formula is C19H19F3N4O2. The number of nitrogens with zero attached hydrogens (tertiary/aromatic N) is 3. The fraction of sp³-hybridized carbons (Fsp3) is 0.316. The van der Waals surface area contributed by atoms with Gasteiger partial charge >= 0.3 is 12.3 Å². The van der Waals surface area contributed by atoms with Gasteiger partial charge in [0.2, 0.25) is 0 Å². The molecule has 0 aliphatic rings. The number of rotatable bonds is 3. The molecule has 0 aliphatic carbocycles. The Labute approximate surface area is 159 Å². The molecule has 28 heavy (non-hydrogen) atoms. The number of aromatic nitrogens is 3. The molecule has 148 valence electrons. The summed E-state index contributed by atoms with van der Waals surface area (Å²) < 4.78 is 45.1. The van der Waals surface area contributed by atoms with Gasteiger partial charge in [0.25, 0.3) is 0 Å². The fourth-order valence-corrected chi connectivity index (χ4v) is 2.59. The lowest BCUT2D eigenvalue weighted by Gasteiger charge is -2.19. The van der Waals surface area contributed by atoms with Crippen molar-refractivity contribution in [3.8, 4) is 5.69 Å². The summed E-state index contributed by atoms with van der Waals surface area (Å²) in [6.07, 6.45) is -3.42. The van der Waals surface area contributed by atoms with E-state index in [1.54, 1.807) is 39.1 Å². The second-order valence-corrected chi connectivity index (χ2v) is 7.13. The first-order valence-electron chi connectivity index (χ1n) is 8.52. The van der Waals surface area contributed by atoms with E-state index in [0.29, 0.717) is 22.4 Å². The summed E-state index contributed by atoms with van der Waals surface area (Å²) in [5.74, 6) is 0. The van der Waals surface area contributed by atoms with E-state index in [-0.39, 0.29) is 6.54 Å². The molecule has 0 aliphatic heterocycles. The van der Waals surface area contributed by atoms with Crippen LogP contribution in [0.3, 0.4) is 0 Å². The number of amides is 1. The van der Waals surface area contributed by atoms with Crippen molar-refractivity contribution >= 4 is 17.1 Å². The predicted octanol–water partition coefficient (Wildman–Crippen LogP) is 4.46. The smallest absolute Gasteiger partial charge is 0.416 e. The van der Waals surface area contributed by atoms with Gasteiger partial charge in [-0.25, -0.2) is 9.48 Å². The average Bonchev–Trinajstić information content (AvgIpc) is 2.97. The third-order valence-corrected chi connectivity index (χ3v) is 3.75. The lowest BCUT2D eigenvalue weighted by Crippen LogP contribution is -2.32. The molecule has 1 aromatic carbocycles. The number of carbonyl (C=O) groups is 1. The number of hydrogen-bond donors (Lipinski definition) is 1. The Hall–Kier alpha value is -3.10. The minimum atomic E-state index is -4.41. The SMILES string of the molecule is CC(C)(C)OC(=O)NCc1nn(-c2ccc(C(F)(F)F)cc2)c2cccnc12. The van der Waals surface area contributed by atoms with Crippen molar-refractivity contribution in [3.05, 3.63) is 53.9 Å². The van der Waals surface area contributed by atoms with Crippen LogP contribution in [-0.4, -0.2) is 26.5 Å². The zero-order valence-corrected chi connectivity index (χ0v) is 15.5. The van der Waals surface area contributed by atoms with E-state index in [1.165, 1.54) is 16.8 Å². The molecule has 0 spiro atoms. The maximum Gasteiger partial charge on any atom is 0.416 e. The number of nitrogens with one attached hydrogen (secondary N) is 1. The first-order chi connectivity index (χ1) is 13.0. The Kier molecular flexibility index (Phi) is 5.01. The van der Waals surface area contributed by atoms with Gasteiger partial charge in [-0.2, -0.15) is 18.3 Å². The van der Waals surface area contributed by atoms with Gasteiger partial charge in [0.05, 0.1) is 23.3 Å². The number of halogens is 3. The number of alkyl halides is 3. The monoisotopic (exact) mass is 392 g/mol. The molecule has 0 saturated heterocycles. The number of benzene rings is 1. The maximum atomic E-state index is 12.8. The van der Waals surface area contributed by atoms with Crippen LogP contribution in [-0.2, 0) is 17.5 Å². The highest BCUT2D eigenvalue weighted by Crippen LogP contribution is 2.30. The Morgan fingerprint density at radius 2 is 1.82 bits per heavy atom. The largest absolute Gasteiger partial charge is 0.444 e. The van der Waals surface area contributed by atoms with Gasteiger partial charge in [0, 0.05) is 6.20 Å². The standard InChI is InChI=1S/C19H19F3N4O2/c1-18(2,3)28-17(27)24-11-14-16-15(5-4-10-23-16)26(25-14)13-8-6-12(7-9-13)19(20,21)22/h4-10H,11H2,1-3H3,(H,24,27). The first kappa shape index (κ1) is 19.7.